The maximum absolute atomic E-state index is 12.7. The van der Waals surface area contributed by atoms with Gasteiger partial charge < -0.3 is 0 Å². The molecule has 6 heteroatoms. The molecule has 0 radical (unpaired) electrons. The summed E-state index contributed by atoms with van der Waals surface area (Å²) in [5.41, 5.74) is 4.10. The zero-order valence-corrected chi connectivity index (χ0v) is 13.7. The highest BCUT2D eigenvalue weighted by molar-refractivity contribution is 7.92. The number of anilines is 1. The van der Waals surface area contributed by atoms with Crippen LogP contribution in [-0.2, 0) is 10.0 Å². The topological polar surface area (TPSA) is 72.0 Å². The molecule has 112 valence electrons. The Morgan fingerprint density at radius 2 is 1.57 bits per heavy atom. The fraction of sp³-hybridized carbons (Fsp3) is 0.333. The van der Waals surface area contributed by atoms with Crippen LogP contribution in [0.2, 0.25) is 0 Å². The highest BCUT2D eigenvalue weighted by Crippen LogP contribution is 2.27. The van der Waals surface area contributed by atoms with E-state index >= 15 is 0 Å². The molecule has 2 aromatic rings. The van der Waals surface area contributed by atoms with Gasteiger partial charge in [-0.1, -0.05) is 6.07 Å². The number of sulfonamides is 1. The SMILES string of the molecule is Cc1ccnc(NS(=O)(=O)c2c(C)c(C)cc(C)c2C)n1. The highest BCUT2D eigenvalue weighted by Gasteiger charge is 2.23. The second kappa shape index (κ2) is 5.44. The first-order valence-corrected chi connectivity index (χ1v) is 8.10. The predicted octanol–water partition coefficient (Wildman–Crippen LogP) is 2.82. The van der Waals surface area contributed by atoms with Gasteiger partial charge in [0.2, 0.25) is 5.95 Å². The number of aromatic nitrogens is 2. The van der Waals surface area contributed by atoms with E-state index < -0.39 is 10.0 Å². The largest absolute Gasteiger partial charge is 0.264 e. The van der Waals surface area contributed by atoms with Crippen LogP contribution in [0.15, 0.2) is 23.2 Å². The number of aryl methyl sites for hydroxylation is 3. The zero-order chi connectivity index (χ0) is 15.8. The summed E-state index contributed by atoms with van der Waals surface area (Å²) in [7, 11) is -3.71. The minimum atomic E-state index is -3.71. The van der Waals surface area contributed by atoms with Crippen LogP contribution in [0.25, 0.3) is 0 Å². The maximum atomic E-state index is 12.7. The average molecular weight is 305 g/mol. The first kappa shape index (κ1) is 15.4. The van der Waals surface area contributed by atoms with E-state index in [0.29, 0.717) is 10.6 Å². The number of benzene rings is 1. The lowest BCUT2D eigenvalue weighted by molar-refractivity contribution is 0.599. The van der Waals surface area contributed by atoms with Crippen LogP contribution in [-0.4, -0.2) is 18.4 Å². The molecule has 0 aliphatic carbocycles. The van der Waals surface area contributed by atoms with Gasteiger partial charge in [-0.25, -0.2) is 23.1 Å². The first-order chi connectivity index (χ1) is 9.72. The number of rotatable bonds is 3. The predicted molar refractivity (Wildman–Crippen MR) is 83.0 cm³/mol. The number of nitrogens with zero attached hydrogens (tertiary/aromatic N) is 2. The summed E-state index contributed by atoms with van der Waals surface area (Å²) < 4.78 is 27.8. The molecule has 0 amide bonds. The molecular weight excluding hydrogens is 286 g/mol. The van der Waals surface area contributed by atoms with Crippen molar-refractivity contribution in [3.63, 3.8) is 0 Å². The molecule has 0 aliphatic rings. The number of hydrogen-bond donors (Lipinski definition) is 1. The lowest BCUT2D eigenvalue weighted by atomic mass is 10.0. The second-order valence-electron chi connectivity index (χ2n) is 5.22. The molecule has 1 heterocycles. The van der Waals surface area contributed by atoms with Crippen molar-refractivity contribution in [2.45, 2.75) is 39.5 Å². The van der Waals surface area contributed by atoms with Crippen molar-refractivity contribution in [1.29, 1.82) is 0 Å². The van der Waals surface area contributed by atoms with Gasteiger partial charge in [0, 0.05) is 11.9 Å². The summed E-state index contributed by atoms with van der Waals surface area (Å²) in [6, 6.07) is 3.71. The van der Waals surface area contributed by atoms with E-state index in [4.69, 9.17) is 0 Å². The second-order valence-corrected chi connectivity index (χ2v) is 6.84. The van der Waals surface area contributed by atoms with Crippen LogP contribution >= 0.6 is 0 Å². The van der Waals surface area contributed by atoms with Crippen molar-refractivity contribution in [1.82, 2.24) is 9.97 Å². The van der Waals surface area contributed by atoms with E-state index in [1.54, 1.807) is 13.0 Å². The molecule has 0 bridgehead atoms. The van der Waals surface area contributed by atoms with Gasteiger partial charge in [0.25, 0.3) is 10.0 Å². The summed E-state index contributed by atoms with van der Waals surface area (Å²) in [6.45, 7) is 9.22. The Labute approximate surface area is 125 Å². The molecule has 0 saturated heterocycles. The van der Waals surface area contributed by atoms with Crippen molar-refractivity contribution < 1.29 is 8.42 Å². The molecule has 0 unspecified atom stereocenters. The minimum absolute atomic E-state index is 0.0907. The Hall–Kier alpha value is -1.95. The van der Waals surface area contributed by atoms with Gasteiger partial charge in [0.05, 0.1) is 4.90 Å². The Kier molecular flexibility index (Phi) is 4.00. The Balaban J connectivity index is 2.55. The van der Waals surface area contributed by atoms with Crippen LogP contribution in [0.3, 0.4) is 0 Å². The molecule has 0 saturated carbocycles. The van der Waals surface area contributed by atoms with Gasteiger partial charge in [-0.15, -0.1) is 0 Å². The number of hydrogen-bond acceptors (Lipinski definition) is 4. The third-order valence-electron chi connectivity index (χ3n) is 3.59. The lowest BCUT2D eigenvalue weighted by Crippen LogP contribution is -2.18. The third kappa shape index (κ3) is 3.05. The average Bonchev–Trinajstić information content (AvgIpc) is 2.35. The Bertz CT molecular complexity index is 773. The fourth-order valence-electron chi connectivity index (χ4n) is 2.25. The van der Waals surface area contributed by atoms with E-state index in [1.165, 1.54) is 6.20 Å². The van der Waals surface area contributed by atoms with Crippen molar-refractivity contribution in [3.8, 4) is 0 Å². The standard InChI is InChI=1S/C15H19N3O2S/c1-9-8-10(2)13(5)14(12(9)4)21(19,20)18-15-16-7-6-11(3)17-15/h6-8H,1-5H3,(H,16,17,18). The van der Waals surface area contributed by atoms with Crippen LogP contribution in [0, 0.1) is 34.6 Å². The number of nitrogens with one attached hydrogen (secondary N) is 1. The van der Waals surface area contributed by atoms with Crippen molar-refractivity contribution in [2.24, 2.45) is 0 Å². The molecule has 0 spiro atoms. The van der Waals surface area contributed by atoms with Gasteiger partial charge >= 0.3 is 0 Å². The van der Waals surface area contributed by atoms with E-state index in [-0.39, 0.29) is 5.95 Å². The van der Waals surface area contributed by atoms with Crippen LogP contribution < -0.4 is 4.72 Å². The molecular formula is C15H19N3O2S. The molecule has 0 atom stereocenters. The van der Waals surface area contributed by atoms with E-state index in [9.17, 15) is 8.42 Å². The van der Waals surface area contributed by atoms with Crippen molar-refractivity contribution >= 4 is 16.0 Å². The maximum Gasteiger partial charge on any atom is 0.264 e. The molecule has 1 aromatic carbocycles. The third-order valence-corrected chi connectivity index (χ3v) is 5.19. The summed E-state index contributed by atoms with van der Waals surface area (Å²) in [4.78, 5) is 8.35. The van der Waals surface area contributed by atoms with E-state index in [1.807, 2.05) is 33.8 Å². The molecule has 1 aromatic heterocycles. The van der Waals surface area contributed by atoms with Gasteiger partial charge in [-0.05, 0) is 62.9 Å². The van der Waals surface area contributed by atoms with E-state index in [2.05, 4.69) is 14.7 Å². The van der Waals surface area contributed by atoms with Gasteiger partial charge in [0.15, 0.2) is 0 Å². The summed E-state index contributed by atoms with van der Waals surface area (Å²) in [5, 5.41) is 0. The molecule has 21 heavy (non-hydrogen) atoms. The monoisotopic (exact) mass is 305 g/mol. The smallest absolute Gasteiger partial charge is 0.247 e. The summed E-state index contributed by atoms with van der Waals surface area (Å²) in [5.74, 6) is 0.0907. The van der Waals surface area contributed by atoms with Crippen molar-refractivity contribution in [2.75, 3.05) is 4.72 Å². The van der Waals surface area contributed by atoms with E-state index in [0.717, 1.165) is 22.3 Å². The van der Waals surface area contributed by atoms with Crippen LogP contribution in [0.1, 0.15) is 27.9 Å². The van der Waals surface area contributed by atoms with Gasteiger partial charge in [-0.2, -0.15) is 0 Å². The molecule has 0 aliphatic heterocycles. The highest BCUT2D eigenvalue weighted by atomic mass is 32.2. The van der Waals surface area contributed by atoms with Gasteiger partial charge in [0.1, 0.15) is 0 Å². The normalized spacial score (nSPS) is 11.5. The van der Waals surface area contributed by atoms with Gasteiger partial charge in [-0.3, -0.25) is 0 Å². The molecule has 0 fully saturated rings. The fourth-order valence-corrected chi connectivity index (χ4v) is 3.82. The molecule has 1 N–H and O–H groups in total. The quantitative estimate of drug-likeness (QED) is 0.946. The molecule has 5 nitrogen and oxygen atoms in total. The van der Waals surface area contributed by atoms with Crippen LogP contribution in [0.5, 0.6) is 0 Å². The lowest BCUT2D eigenvalue weighted by Gasteiger charge is -2.16. The van der Waals surface area contributed by atoms with Crippen LogP contribution in [0.4, 0.5) is 5.95 Å². The molecule has 2 rings (SSSR count). The first-order valence-electron chi connectivity index (χ1n) is 6.62. The summed E-state index contributed by atoms with van der Waals surface area (Å²) in [6.07, 6.45) is 1.53. The Morgan fingerprint density at radius 3 is 2.10 bits per heavy atom. The minimum Gasteiger partial charge on any atom is -0.247 e. The zero-order valence-electron chi connectivity index (χ0n) is 12.9. The summed E-state index contributed by atoms with van der Waals surface area (Å²) >= 11 is 0. The van der Waals surface area contributed by atoms with Crippen molar-refractivity contribution in [3.05, 3.63) is 46.3 Å². The Morgan fingerprint density at radius 1 is 1.00 bits per heavy atom.